The number of halogens is 1. The van der Waals surface area contributed by atoms with Crippen molar-refractivity contribution in [2.45, 2.75) is 6.92 Å². The van der Waals surface area contributed by atoms with Gasteiger partial charge in [0.25, 0.3) is 5.91 Å². The monoisotopic (exact) mass is 352 g/mol. The molecule has 0 spiro atoms. The van der Waals surface area contributed by atoms with Gasteiger partial charge >= 0.3 is 0 Å². The number of carbonyl (C=O) groups is 1. The maximum Gasteiger partial charge on any atom is 0.265 e. The second-order valence-corrected chi connectivity index (χ2v) is 6.95. The van der Waals surface area contributed by atoms with E-state index in [0.717, 1.165) is 32.2 Å². The van der Waals surface area contributed by atoms with Crippen molar-refractivity contribution in [3.8, 4) is 0 Å². The molecule has 2 aromatic carbocycles. The Morgan fingerprint density at radius 1 is 1.08 bits per heavy atom. The summed E-state index contributed by atoms with van der Waals surface area (Å²) in [4.78, 5) is 17.7. The maximum atomic E-state index is 12.6. The molecule has 0 saturated heterocycles. The molecule has 3 nitrogen and oxygen atoms in total. The number of thiophene rings is 1. The lowest BCUT2D eigenvalue weighted by Gasteiger charge is -2.06. The largest absolute Gasteiger partial charge is 0.321 e. The molecule has 2 aromatic heterocycles. The Bertz CT molecular complexity index is 1090. The average molecular weight is 353 g/mol. The average Bonchev–Trinajstić information content (AvgIpc) is 3.03. The van der Waals surface area contributed by atoms with E-state index in [1.54, 1.807) is 0 Å². The van der Waals surface area contributed by atoms with Gasteiger partial charge in [-0.05, 0) is 30.7 Å². The third-order valence-corrected chi connectivity index (χ3v) is 5.39. The van der Waals surface area contributed by atoms with Crippen LogP contribution in [0.4, 0.5) is 5.69 Å². The highest BCUT2D eigenvalue weighted by atomic mass is 35.5. The predicted molar refractivity (Wildman–Crippen MR) is 101 cm³/mol. The number of amides is 1. The Morgan fingerprint density at radius 2 is 1.83 bits per heavy atom. The van der Waals surface area contributed by atoms with Crippen LogP contribution in [-0.4, -0.2) is 10.9 Å². The molecule has 1 amide bonds. The van der Waals surface area contributed by atoms with Crippen LogP contribution >= 0.6 is 22.9 Å². The smallest absolute Gasteiger partial charge is 0.265 e. The first-order valence-corrected chi connectivity index (χ1v) is 8.68. The number of anilines is 1. The van der Waals surface area contributed by atoms with Gasteiger partial charge in [-0.2, -0.15) is 0 Å². The number of hydrogen-bond donors (Lipinski definition) is 1. The molecule has 5 heteroatoms. The Balaban J connectivity index is 1.80. The fourth-order valence-corrected chi connectivity index (χ4v) is 4.07. The SMILES string of the molecule is Cc1ccccc1NC(=O)c1cc2c(Cl)nc3ccccc3c2s1. The first-order valence-electron chi connectivity index (χ1n) is 7.48. The minimum Gasteiger partial charge on any atom is -0.321 e. The van der Waals surface area contributed by atoms with E-state index in [1.807, 2.05) is 61.5 Å². The number of para-hydroxylation sites is 2. The lowest BCUT2D eigenvalue weighted by atomic mass is 10.2. The van der Waals surface area contributed by atoms with E-state index in [1.165, 1.54) is 11.3 Å². The van der Waals surface area contributed by atoms with Gasteiger partial charge in [-0.1, -0.05) is 48.0 Å². The van der Waals surface area contributed by atoms with Crippen molar-refractivity contribution >= 4 is 55.5 Å². The van der Waals surface area contributed by atoms with Crippen molar-refractivity contribution in [1.82, 2.24) is 4.98 Å². The number of fused-ring (bicyclic) bond motifs is 3. The summed E-state index contributed by atoms with van der Waals surface area (Å²) >= 11 is 7.74. The Kier molecular flexibility index (Phi) is 3.71. The quantitative estimate of drug-likeness (QED) is 0.473. The Morgan fingerprint density at radius 3 is 2.67 bits per heavy atom. The minimum atomic E-state index is -0.134. The zero-order valence-electron chi connectivity index (χ0n) is 12.8. The summed E-state index contributed by atoms with van der Waals surface area (Å²) in [5.74, 6) is -0.134. The summed E-state index contributed by atoms with van der Waals surface area (Å²) in [5.41, 5.74) is 2.67. The summed E-state index contributed by atoms with van der Waals surface area (Å²) in [6.07, 6.45) is 0. The van der Waals surface area contributed by atoms with Crippen LogP contribution in [0.15, 0.2) is 54.6 Å². The third-order valence-electron chi connectivity index (χ3n) is 3.94. The van der Waals surface area contributed by atoms with Gasteiger partial charge in [0, 0.05) is 21.2 Å². The second kappa shape index (κ2) is 5.89. The number of aryl methyl sites for hydroxylation is 1. The molecule has 1 N–H and O–H groups in total. The standard InChI is InChI=1S/C19H13ClN2OS/c1-11-6-2-4-8-14(11)22-19(23)16-10-13-17(24-16)12-7-3-5-9-15(12)21-18(13)20/h2-10H,1H3,(H,22,23). The van der Waals surface area contributed by atoms with Crippen LogP contribution in [0.3, 0.4) is 0 Å². The highest BCUT2D eigenvalue weighted by Gasteiger charge is 2.16. The van der Waals surface area contributed by atoms with Crippen LogP contribution < -0.4 is 5.32 Å². The van der Waals surface area contributed by atoms with Crippen LogP contribution in [0.1, 0.15) is 15.2 Å². The van der Waals surface area contributed by atoms with Crippen LogP contribution in [0.25, 0.3) is 21.0 Å². The van der Waals surface area contributed by atoms with E-state index in [2.05, 4.69) is 10.3 Å². The molecule has 0 unspecified atom stereocenters. The summed E-state index contributed by atoms with van der Waals surface area (Å²) in [5, 5.41) is 5.21. The molecule has 0 saturated carbocycles. The van der Waals surface area contributed by atoms with Crippen LogP contribution in [-0.2, 0) is 0 Å². The van der Waals surface area contributed by atoms with Crippen molar-refractivity contribution in [2.24, 2.45) is 0 Å². The molecular weight excluding hydrogens is 340 g/mol. The zero-order chi connectivity index (χ0) is 16.7. The number of pyridine rings is 1. The first kappa shape index (κ1) is 15.1. The summed E-state index contributed by atoms with van der Waals surface area (Å²) in [6.45, 7) is 1.97. The number of hydrogen-bond acceptors (Lipinski definition) is 3. The molecule has 0 bridgehead atoms. The fraction of sp³-hybridized carbons (Fsp3) is 0.0526. The number of benzene rings is 2. The van der Waals surface area contributed by atoms with Crippen LogP contribution in [0, 0.1) is 6.92 Å². The summed E-state index contributed by atoms with van der Waals surface area (Å²) in [7, 11) is 0. The van der Waals surface area contributed by atoms with Gasteiger partial charge in [-0.3, -0.25) is 4.79 Å². The molecule has 0 radical (unpaired) electrons. The fourth-order valence-electron chi connectivity index (χ4n) is 2.68. The number of carbonyl (C=O) groups excluding carboxylic acids is 1. The van der Waals surface area contributed by atoms with E-state index in [4.69, 9.17) is 11.6 Å². The summed E-state index contributed by atoms with van der Waals surface area (Å²) in [6, 6.07) is 17.3. The lowest BCUT2D eigenvalue weighted by molar-refractivity contribution is 0.103. The lowest BCUT2D eigenvalue weighted by Crippen LogP contribution is -2.10. The summed E-state index contributed by atoms with van der Waals surface area (Å²) < 4.78 is 0.987. The van der Waals surface area contributed by atoms with Crippen LogP contribution in [0.2, 0.25) is 5.15 Å². The number of rotatable bonds is 2. The Labute approximate surface area is 147 Å². The van der Waals surface area contributed by atoms with Crippen molar-refractivity contribution in [3.05, 3.63) is 70.2 Å². The molecular formula is C19H13ClN2OS. The van der Waals surface area contributed by atoms with Gasteiger partial charge in [0.15, 0.2) is 0 Å². The van der Waals surface area contributed by atoms with Gasteiger partial charge in [-0.15, -0.1) is 11.3 Å². The first-order chi connectivity index (χ1) is 11.6. The van der Waals surface area contributed by atoms with Gasteiger partial charge in [0.2, 0.25) is 0 Å². The van der Waals surface area contributed by atoms with Gasteiger partial charge in [0.05, 0.1) is 10.4 Å². The zero-order valence-corrected chi connectivity index (χ0v) is 14.4. The van der Waals surface area contributed by atoms with E-state index in [0.29, 0.717) is 10.0 Å². The number of nitrogens with zero attached hydrogens (tertiary/aromatic N) is 1. The molecule has 2 heterocycles. The molecule has 4 aromatic rings. The van der Waals surface area contributed by atoms with Gasteiger partial charge < -0.3 is 5.32 Å². The minimum absolute atomic E-state index is 0.134. The van der Waals surface area contributed by atoms with Crippen LogP contribution in [0.5, 0.6) is 0 Å². The molecule has 0 aliphatic carbocycles. The molecule has 118 valence electrons. The van der Waals surface area contributed by atoms with E-state index >= 15 is 0 Å². The van der Waals surface area contributed by atoms with Crippen molar-refractivity contribution < 1.29 is 4.79 Å². The highest BCUT2D eigenvalue weighted by Crippen LogP contribution is 2.36. The second-order valence-electron chi connectivity index (χ2n) is 5.54. The van der Waals surface area contributed by atoms with Gasteiger partial charge in [0.1, 0.15) is 5.15 Å². The topological polar surface area (TPSA) is 42.0 Å². The number of nitrogens with one attached hydrogen (secondary N) is 1. The normalized spacial score (nSPS) is 11.1. The number of aromatic nitrogens is 1. The van der Waals surface area contributed by atoms with E-state index in [9.17, 15) is 4.79 Å². The van der Waals surface area contributed by atoms with Crippen molar-refractivity contribution in [3.63, 3.8) is 0 Å². The molecule has 0 aliphatic rings. The van der Waals surface area contributed by atoms with Gasteiger partial charge in [-0.25, -0.2) is 4.98 Å². The molecule has 24 heavy (non-hydrogen) atoms. The van der Waals surface area contributed by atoms with Crippen molar-refractivity contribution in [2.75, 3.05) is 5.32 Å². The third kappa shape index (κ3) is 2.54. The molecule has 0 aliphatic heterocycles. The van der Waals surface area contributed by atoms with E-state index < -0.39 is 0 Å². The Hall–Kier alpha value is -2.43. The molecule has 4 rings (SSSR count). The maximum absolute atomic E-state index is 12.6. The molecule has 0 atom stereocenters. The van der Waals surface area contributed by atoms with E-state index in [-0.39, 0.29) is 5.91 Å². The predicted octanol–water partition coefficient (Wildman–Crippen LogP) is 5.66. The van der Waals surface area contributed by atoms with Crippen molar-refractivity contribution in [1.29, 1.82) is 0 Å². The highest BCUT2D eigenvalue weighted by molar-refractivity contribution is 7.22. The molecule has 0 fully saturated rings.